The van der Waals surface area contributed by atoms with Crippen LogP contribution >= 0.6 is 0 Å². The first-order valence-electron chi connectivity index (χ1n) is 5.96. The molecule has 0 spiro atoms. The summed E-state index contributed by atoms with van der Waals surface area (Å²) in [6.45, 7) is 10.1. The lowest BCUT2D eigenvalue weighted by atomic mass is 9.86. The molecule has 0 amide bonds. The Labute approximate surface area is 105 Å². The third-order valence-electron chi connectivity index (χ3n) is 2.44. The Morgan fingerprint density at radius 2 is 1.76 bits per heavy atom. The zero-order valence-electron chi connectivity index (χ0n) is 11.4. The second-order valence-electron chi connectivity index (χ2n) is 5.79. The highest BCUT2D eigenvalue weighted by molar-refractivity contribution is 7.87. The van der Waals surface area contributed by atoms with Crippen molar-refractivity contribution in [2.45, 2.75) is 47.1 Å². The average molecular weight is 266 g/mol. The zero-order chi connectivity index (χ0) is 13.7. The second-order valence-corrected chi connectivity index (χ2v) is 7.33. The summed E-state index contributed by atoms with van der Waals surface area (Å²) in [6, 6.07) is -0.280. The molecular formula is C11H26N2O3S. The Kier molecular flexibility index (Phi) is 6.61. The number of aliphatic hydroxyl groups is 1. The molecule has 0 aliphatic carbocycles. The molecule has 3 N–H and O–H groups in total. The van der Waals surface area contributed by atoms with Crippen LogP contribution in [0.15, 0.2) is 0 Å². The first kappa shape index (κ1) is 16.8. The van der Waals surface area contributed by atoms with Crippen molar-refractivity contribution in [2.75, 3.05) is 13.2 Å². The van der Waals surface area contributed by atoms with Gasteiger partial charge in [-0.2, -0.15) is 13.1 Å². The van der Waals surface area contributed by atoms with Crippen LogP contribution in [0.4, 0.5) is 0 Å². The molecule has 1 unspecified atom stereocenters. The molecule has 1 atom stereocenters. The van der Waals surface area contributed by atoms with Crippen molar-refractivity contribution in [1.29, 1.82) is 0 Å². The standard InChI is InChI=1S/C11H26N2O3S/c1-9(2)8-12-17(15,16)13-10(6-7-14)11(3,4)5/h9-10,12-14H,6-8H2,1-5H3. The molecule has 0 heterocycles. The van der Waals surface area contributed by atoms with E-state index >= 15 is 0 Å². The number of aliphatic hydroxyl groups excluding tert-OH is 1. The molecule has 0 aromatic carbocycles. The minimum Gasteiger partial charge on any atom is -0.396 e. The van der Waals surface area contributed by atoms with Gasteiger partial charge in [-0.15, -0.1) is 0 Å². The average Bonchev–Trinajstić information content (AvgIpc) is 2.13. The van der Waals surface area contributed by atoms with Gasteiger partial charge in [-0.05, 0) is 17.8 Å². The minimum atomic E-state index is -3.49. The third kappa shape index (κ3) is 7.70. The molecule has 104 valence electrons. The minimum absolute atomic E-state index is 0.0331. The van der Waals surface area contributed by atoms with Crippen molar-refractivity contribution in [3.8, 4) is 0 Å². The SMILES string of the molecule is CC(C)CNS(=O)(=O)NC(CCO)C(C)(C)C. The molecule has 0 bridgehead atoms. The Bertz CT molecular complexity index is 307. The van der Waals surface area contributed by atoms with Crippen molar-refractivity contribution >= 4 is 10.2 Å². The van der Waals surface area contributed by atoms with Crippen molar-refractivity contribution in [2.24, 2.45) is 11.3 Å². The summed E-state index contributed by atoms with van der Waals surface area (Å²) in [4.78, 5) is 0. The van der Waals surface area contributed by atoms with E-state index in [0.717, 1.165) is 0 Å². The molecule has 5 nitrogen and oxygen atoms in total. The van der Waals surface area contributed by atoms with E-state index in [0.29, 0.717) is 13.0 Å². The van der Waals surface area contributed by atoms with Gasteiger partial charge in [0.2, 0.25) is 0 Å². The first-order chi connectivity index (χ1) is 7.58. The summed E-state index contributed by atoms with van der Waals surface area (Å²) < 4.78 is 28.6. The van der Waals surface area contributed by atoms with E-state index in [1.807, 2.05) is 34.6 Å². The Hall–Kier alpha value is -0.170. The van der Waals surface area contributed by atoms with E-state index in [2.05, 4.69) is 9.44 Å². The normalized spacial score (nSPS) is 15.2. The molecule has 0 aliphatic rings. The lowest BCUT2D eigenvalue weighted by Crippen LogP contribution is -2.49. The molecule has 0 rings (SSSR count). The Balaban J connectivity index is 4.54. The Morgan fingerprint density at radius 3 is 2.12 bits per heavy atom. The van der Waals surface area contributed by atoms with Crippen LogP contribution in [0.1, 0.15) is 41.0 Å². The largest absolute Gasteiger partial charge is 0.396 e. The predicted octanol–water partition coefficient (Wildman–Crippen LogP) is 0.864. The highest BCUT2D eigenvalue weighted by Gasteiger charge is 2.28. The van der Waals surface area contributed by atoms with Crippen molar-refractivity contribution in [3.63, 3.8) is 0 Å². The smallest absolute Gasteiger partial charge is 0.277 e. The third-order valence-corrected chi connectivity index (χ3v) is 3.58. The lowest BCUT2D eigenvalue weighted by Gasteiger charge is -2.30. The van der Waals surface area contributed by atoms with Crippen LogP contribution in [0.25, 0.3) is 0 Å². The van der Waals surface area contributed by atoms with Crippen LogP contribution in [0, 0.1) is 11.3 Å². The number of hydrogen-bond acceptors (Lipinski definition) is 3. The van der Waals surface area contributed by atoms with Gasteiger partial charge in [0.25, 0.3) is 10.2 Å². The monoisotopic (exact) mass is 266 g/mol. The molecule has 0 radical (unpaired) electrons. The van der Waals surface area contributed by atoms with Gasteiger partial charge >= 0.3 is 0 Å². The fourth-order valence-electron chi connectivity index (χ4n) is 1.30. The summed E-state index contributed by atoms with van der Waals surface area (Å²) in [5.41, 5.74) is -0.227. The molecule has 0 aromatic heterocycles. The summed E-state index contributed by atoms with van der Waals surface area (Å²) >= 11 is 0. The summed E-state index contributed by atoms with van der Waals surface area (Å²) in [6.07, 6.45) is 0.409. The van der Waals surface area contributed by atoms with Gasteiger partial charge in [-0.3, -0.25) is 0 Å². The Morgan fingerprint density at radius 1 is 1.24 bits per heavy atom. The van der Waals surface area contributed by atoms with Gasteiger partial charge in [0, 0.05) is 19.2 Å². The lowest BCUT2D eigenvalue weighted by molar-refractivity contribution is 0.214. The van der Waals surface area contributed by atoms with Crippen LogP contribution in [0.3, 0.4) is 0 Å². The van der Waals surface area contributed by atoms with Crippen LogP contribution in [0.2, 0.25) is 0 Å². The van der Waals surface area contributed by atoms with Gasteiger partial charge in [-0.25, -0.2) is 4.72 Å². The van der Waals surface area contributed by atoms with Gasteiger partial charge in [-0.1, -0.05) is 34.6 Å². The molecule has 0 saturated carbocycles. The summed E-state index contributed by atoms with van der Waals surface area (Å²) in [5, 5.41) is 8.96. The zero-order valence-corrected chi connectivity index (χ0v) is 12.3. The maximum atomic E-state index is 11.8. The molecular weight excluding hydrogens is 240 g/mol. The van der Waals surface area contributed by atoms with E-state index < -0.39 is 10.2 Å². The highest BCUT2D eigenvalue weighted by Crippen LogP contribution is 2.22. The molecule has 0 aliphatic heterocycles. The van der Waals surface area contributed by atoms with E-state index in [-0.39, 0.29) is 24.0 Å². The second kappa shape index (κ2) is 6.68. The quantitative estimate of drug-likeness (QED) is 0.639. The van der Waals surface area contributed by atoms with E-state index in [1.54, 1.807) is 0 Å². The molecule has 17 heavy (non-hydrogen) atoms. The highest BCUT2D eigenvalue weighted by atomic mass is 32.2. The number of rotatable bonds is 7. The predicted molar refractivity (Wildman–Crippen MR) is 69.8 cm³/mol. The van der Waals surface area contributed by atoms with E-state index in [1.165, 1.54) is 0 Å². The van der Waals surface area contributed by atoms with E-state index in [9.17, 15) is 8.42 Å². The number of nitrogens with one attached hydrogen (secondary N) is 2. The first-order valence-corrected chi connectivity index (χ1v) is 7.44. The topological polar surface area (TPSA) is 78.4 Å². The van der Waals surface area contributed by atoms with Gasteiger partial charge in [0.1, 0.15) is 0 Å². The van der Waals surface area contributed by atoms with Gasteiger partial charge in [0.15, 0.2) is 0 Å². The maximum absolute atomic E-state index is 11.8. The molecule has 6 heteroatoms. The summed E-state index contributed by atoms with van der Waals surface area (Å²) in [7, 11) is -3.49. The molecule has 0 saturated heterocycles. The van der Waals surface area contributed by atoms with Crippen molar-refractivity contribution in [3.05, 3.63) is 0 Å². The van der Waals surface area contributed by atoms with Gasteiger partial charge in [0.05, 0.1) is 0 Å². The molecule has 0 fully saturated rings. The summed E-state index contributed by atoms with van der Waals surface area (Å²) in [5.74, 6) is 0.262. The van der Waals surface area contributed by atoms with Crippen LogP contribution < -0.4 is 9.44 Å². The van der Waals surface area contributed by atoms with Crippen molar-refractivity contribution in [1.82, 2.24) is 9.44 Å². The van der Waals surface area contributed by atoms with Crippen LogP contribution in [-0.2, 0) is 10.2 Å². The fraction of sp³-hybridized carbons (Fsp3) is 1.00. The van der Waals surface area contributed by atoms with Crippen LogP contribution in [-0.4, -0.2) is 32.7 Å². The van der Waals surface area contributed by atoms with Crippen molar-refractivity contribution < 1.29 is 13.5 Å². The maximum Gasteiger partial charge on any atom is 0.277 e. The van der Waals surface area contributed by atoms with Gasteiger partial charge < -0.3 is 5.11 Å². The molecule has 0 aromatic rings. The number of hydrogen-bond donors (Lipinski definition) is 3. The van der Waals surface area contributed by atoms with E-state index in [4.69, 9.17) is 5.11 Å². The fourth-order valence-corrected chi connectivity index (χ4v) is 2.79. The van der Waals surface area contributed by atoms with Crippen LogP contribution in [0.5, 0.6) is 0 Å².